The van der Waals surface area contributed by atoms with Crippen molar-refractivity contribution in [1.29, 1.82) is 0 Å². The Hall–Kier alpha value is -1.93. The number of hydrogen-bond acceptors (Lipinski definition) is 4. The molecule has 0 saturated carbocycles. The van der Waals surface area contributed by atoms with Crippen LogP contribution in [0.5, 0.6) is 0 Å². The average Bonchev–Trinajstić information content (AvgIpc) is 2.25. The minimum Gasteiger partial charge on any atom is -0.366 e. The molecular formula is C12H15N3O4S. The van der Waals surface area contributed by atoms with E-state index in [0.717, 1.165) is 6.26 Å². The van der Waals surface area contributed by atoms with Crippen LogP contribution in [0, 0.1) is 5.92 Å². The maximum absolute atomic E-state index is 11.9. The number of primary amides is 1. The van der Waals surface area contributed by atoms with Crippen molar-refractivity contribution in [2.45, 2.75) is 0 Å². The van der Waals surface area contributed by atoms with Crippen molar-refractivity contribution < 1.29 is 18.0 Å². The zero-order valence-corrected chi connectivity index (χ0v) is 11.7. The molecule has 20 heavy (non-hydrogen) atoms. The van der Waals surface area contributed by atoms with Gasteiger partial charge in [-0.25, -0.2) is 12.7 Å². The molecule has 0 atom stereocenters. The lowest BCUT2D eigenvalue weighted by Gasteiger charge is -2.35. The lowest BCUT2D eigenvalue weighted by atomic mass is 10.0. The van der Waals surface area contributed by atoms with Crippen LogP contribution in [0.15, 0.2) is 24.3 Å². The first-order chi connectivity index (χ1) is 9.27. The number of nitrogens with one attached hydrogen (secondary N) is 1. The van der Waals surface area contributed by atoms with Crippen LogP contribution in [0.4, 0.5) is 5.69 Å². The van der Waals surface area contributed by atoms with Crippen LogP contribution in [0.25, 0.3) is 0 Å². The van der Waals surface area contributed by atoms with Gasteiger partial charge >= 0.3 is 0 Å². The second-order valence-electron chi connectivity index (χ2n) is 4.71. The van der Waals surface area contributed by atoms with E-state index in [-0.39, 0.29) is 24.9 Å². The molecule has 1 heterocycles. The smallest absolute Gasteiger partial charge is 0.248 e. The Labute approximate surface area is 116 Å². The van der Waals surface area contributed by atoms with Gasteiger partial charge in [-0.1, -0.05) is 0 Å². The summed E-state index contributed by atoms with van der Waals surface area (Å²) in [5.41, 5.74) is 6.01. The van der Waals surface area contributed by atoms with Gasteiger partial charge in [-0.3, -0.25) is 9.59 Å². The number of sulfonamides is 1. The average molecular weight is 297 g/mol. The molecule has 3 N–H and O–H groups in total. The SMILES string of the molecule is CS(=O)(=O)N1CC(C(=O)Nc2ccc(C(N)=O)cc2)C1. The Bertz CT molecular complexity index is 633. The fourth-order valence-electron chi connectivity index (χ4n) is 1.84. The molecule has 1 aromatic carbocycles. The number of nitrogens with zero attached hydrogens (tertiary/aromatic N) is 1. The minimum atomic E-state index is -3.22. The van der Waals surface area contributed by atoms with E-state index >= 15 is 0 Å². The Morgan fingerprint density at radius 1 is 1.25 bits per heavy atom. The van der Waals surface area contributed by atoms with E-state index in [1.54, 1.807) is 12.1 Å². The van der Waals surface area contributed by atoms with E-state index in [1.807, 2.05) is 0 Å². The van der Waals surface area contributed by atoms with Gasteiger partial charge in [0, 0.05) is 24.3 Å². The molecule has 8 heteroatoms. The van der Waals surface area contributed by atoms with Gasteiger partial charge in [0.1, 0.15) is 0 Å². The van der Waals surface area contributed by atoms with Gasteiger partial charge in [-0.05, 0) is 24.3 Å². The van der Waals surface area contributed by atoms with Crippen LogP contribution >= 0.6 is 0 Å². The van der Waals surface area contributed by atoms with E-state index in [2.05, 4.69) is 5.32 Å². The quantitative estimate of drug-likeness (QED) is 0.789. The summed E-state index contributed by atoms with van der Waals surface area (Å²) in [7, 11) is -3.22. The van der Waals surface area contributed by atoms with E-state index in [0.29, 0.717) is 11.3 Å². The molecule has 0 radical (unpaired) electrons. The molecule has 0 bridgehead atoms. The molecule has 1 aliphatic rings. The van der Waals surface area contributed by atoms with Gasteiger partial charge in [0.25, 0.3) is 0 Å². The summed E-state index contributed by atoms with van der Waals surface area (Å²) in [6.07, 6.45) is 1.11. The van der Waals surface area contributed by atoms with Gasteiger partial charge in [-0.15, -0.1) is 0 Å². The topological polar surface area (TPSA) is 110 Å². The summed E-state index contributed by atoms with van der Waals surface area (Å²) in [6.45, 7) is 0.397. The number of anilines is 1. The van der Waals surface area contributed by atoms with E-state index in [4.69, 9.17) is 5.73 Å². The number of rotatable bonds is 4. The van der Waals surface area contributed by atoms with Crippen LogP contribution in [0.2, 0.25) is 0 Å². The molecule has 0 spiro atoms. The van der Waals surface area contributed by atoms with Crippen LogP contribution < -0.4 is 11.1 Å². The number of hydrogen-bond donors (Lipinski definition) is 2. The third-order valence-corrected chi connectivity index (χ3v) is 4.36. The normalized spacial score (nSPS) is 16.4. The molecule has 1 aromatic rings. The molecule has 108 valence electrons. The third kappa shape index (κ3) is 3.14. The van der Waals surface area contributed by atoms with Crippen molar-refractivity contribution >= 4 is 27.5 Å². The first kappa shape index (κ1) is 14.5. The van der Waals surface area contributed by atoms with Crippen molar-refractivity contribution in [2.75, 3.05) is 24.7 Å². The van der Waals surface area contributed by atoms with Gasteiger partial charge in [0.15, 0.2) is 0 Å². The van der Waals surface area contributed by atoms with Crippen molar-refractivity contribution in [2.24, 2.45) is 11.7 Å². The number of carbonyl (C=O) groups excluding carboxylic acids is 2. The highest BCUT2D eigenvalue weighted by molar-refractivity contribution is 7.88. The number of carbonyl (C=O) groups is 2. The molecule has 1 saturated heterocycles. The Morgan fingerprint density at radius 3 is 2.25 bits per heavy atom. The fourth-order valence-corrected chi connectivity index (χ4v) is 2.74. The Kier molecular flexibility index (Phi) is 3.78. The van der Waals surface area contributed by atoms with E-state index in [1.165, 1.54) is 16.4 Å². The molecule has 1 fully saturated rings. The third-order valence-electron chi connectivity index (χ3n) is 3.12. The minimum absolute atomic E-state index is 0.198. The van der Waals surface area contributed by atoms with Gasteiger partial charge < -0.3 is 11.1 Å². The summed E-state index contributed by atoms with van der Waals surface area (Å²) in [5.74, 6) is -1.12. The number of nitrogens with two attached hydrogens (primary N) is 1. The first-order valence-corrected chi connectivity index (χ1v) is 7.78. The predicted octanol–water partition coefficient (Wildman–Crippen LogP) is -0.385. The Morgan fingerprint density at radius 2 is 1.80 bits per heavy atom. The summed E-state index contributed by atoms with van der Waals surface area (Å²) in [4.78, 5) is 22.8. The highest BCUT2D eigenvalue weighted by Gasteiger charge is 2.37. The number of amides is 2. The number of benzene rings is 1. The largest absolute Gasteiger partial charge is 0.366 e. The van der Waals surface area contributed by atoms with E-state index in [9.17, 15) is 18.0 Å². The summed E-state index contributed by atoms with van der Waals surface area (Å²) in [6, 6.07) is 6.18. The maximum atomic E-state index is 11.9. The summed E-state index contributed by atoms with van der Waals surface area (Å²) in [5, 5.41) is 2.67. The molecular weight excluding hydrogens is 282 g/mol. The second-order valence-corrected chi connectivity index (χ2v) is 6.69. The lowest BCUT2D eigenvalue weighted by Crippen LogP contribution is -2.53. The molecule has 0 unspecified atom stereocenters. The molecule has 1 aliphatic heterocycles. The van der Waals surface area contributed by atoms with Crippen molar-refractivity contribution in [3.05, 3.63) is 29.8 Å². The van der Waals surface area contributed by atoms with Crippen molar-refractivity contribution in [3.8, 4) is 0 Å². The van der Waals surface area contributed by atoms with Crippen molar-refractivity contribution in [3.63, 3.8) is 0 Å². The van der Waals surface area contributed by atoms with Crippen LogP contribution in [0.3, 0.4) is 0 Å². The second kappa shape index (κ2) is 5.22. The highest BCUT2D eigenvalue weighted by Crippen LogP contribution is 2.20. The van der Waals surface area contributed by atoms with Gasteiger partial charge in [-0.2, -0.15) is 0 Å². The summed E-state index contributed by atoms with van der Waals surface area (Å²) >= 11 is 0. The van der Waals surface area contributed by atoms with Crippen LogP contribution in [-0.4, -0.2) is 43.9 Å². The molecule has 2 rings (SSSR count). The fraction of sp³-hybridized carbons (Fsp3) is 0.333. The Balaban J connectivity index is 1.92. The van der Waals surface area contributed by atoms with Crippen LogP contribution in [0.1, 0.15) is 10.4 Å². The lowest BCUT2D eigenvalue weighted by molar-refractivity contribution is -0.122. The summed E-state index contributed by atoms with van der Waals surface area (Å²) < 4.78 is 23.6. The maximum Gasteiger partial charge on any atom is 0.248 e. The van der Waals surface area contributed by atoms with Gasteiger partial charge in [0.2, 0.25) is 21.8 Å². The van der Waals surface area contributed by atoms with Crippen molar-refractivity contribution in [1.82, 2.24) is 4.31 Å². The zero-order valence-electron chi connectivity index (χ0n) is 10.9. The first-order valence-electron chi connectivity index (χ1n) is 5.93. The zero-order chi connectivity index (χ0) is 14.9. The molecule has 7 nitrogen and oxygen atoms in total. The molecule has 0 aliphatic carbocycles. The van der Waals surface area contributed by atoms with Gasteiger partial charge in [0.05, 0.1) is 12.2 Å². The molecule has 2 amide bonds. The monoisotopic (exact) mass is 297 g/mol. The highest BCUT2D eigenvalue weighted by atomic mass is 32.2. The predicted molar refractivity (Wildman–Crippen MR) is 73.5 cm³/mol. The standard InChI is InChI=1S/C12H15N3O4S/c1-20(18,19)15-6-9(7-15)12(17)14-10-4-2-8(3-5-10)11(13)16/h2-5,9H,6-7H2,1H3,(H2,13,16)(H,14,17). The molecule has 0 aromatic heterocycles. The van der Waals surface area contributed by atoms with E-state index < -0.39 is 15.9 Å². The van der Waals surface area contributed by atoms with Crippen LogP contribution in [-0.2, 0) is 14.8 Å².